The molecule has 1 aliphatic heterocycles. The lowest BCUT2D eigenvalue weighted by atomic mass is 10.1. The number of rotatable bonds is 17. The summed E-state index contributed by atoms with van der Waals surface area (Å²) in [6.45, 7) is 11.3. The molecule has 1 unspecified atom stereocenters. The summed E-state index contributed by atoms with van der Waals surface area (Å²) in [5, 5.41) is 0.129. The molecule has 5 nitrogen and oxygen atoms in total. The fourth-order valence-electron chi connectivity index (χ4n) is 2.98. The first kappa shape index (κ1) is 25.7. The van der Waals surface area contributed by atoms with Crippen LogP contribution in [0.15, 0.2) is 0 Å². The van der Waals surface area contributed by atoms with Gasteiger partial charge in [-0.1, -0.05) is 53.4 Å². The second-order valence-corrected chi connectivity index (χ2v) is 8.79. The van der Waals surface area contributed by atoms with Crippen molar-refractivity contribution < 1.29 is 23.7 Å². The van der Waals surface area contributed by atoms with E-state index in [2.05, 4.69) is 27.7 Å². The van der Waals surface area contributed by atoms with Gasteiger partial charge in [-0.05, 0) is 25.7 Å². The number of thioether (sulfide) groups is 1. The van der Waals surface area contributed by atoms with Gasteiger partial charge in [-0.3, -0.25) is 4.79 Å². The smallest absolute Gasteiger partial charge is 0.306 e. The molecular weight excluding hydrogens is 376 g/mol. The van der Waals surface area contributed by atoms with Crippen LogP contribution in [-0.4, -0.2) is 55.3 Å². The summed E-state index contributed by atoms with van der Waals surface area (Å²) in [5.74, 6) is -0.136. The zero-order chi connectivity index (χ0) is 20.6. The van der Waals surface area contributed by atoms with Gasteiger partial charge >= 0.3 is 5.97 Å². The van der Waals surface area contributed by atoms with Crippen LogP contribution in [0.4, 0.5) is 0 Å². The highest BCUT2D eigenvalue weighted by Gasteiger charge is 2.47. The Morgan fingerprint density at radius 2 is 1.36 bits per heavy atom. The summed E-state index contributed by atoms with van der Waals surface area (Å²) in [7, 11) is 0. The van der Waals surface area contributed by atoms with Crippen LogP contribution in [0, 0.1) is 0 Å². The monoisotopic (exact) mass is 418 g/mol. The number of hydrogen-bond donors (Lipinski definition) is 0. The molecule has 0 aromatic heterocycles. The van der Waals surface area contributed by atoms with E-state index < -0.39 is 0 Å². The molecule has 28 heavy (non-hydrogen) atoms. The molecule has 0 N–H and O–H groups in total. The lowest BCUT2D eigenvalue weighted by molar-refractivity contribution is -0.156. The third-order valence-corrected chi connectivity index (χ3v) is 6.18. The molecule has 0 aliphatic carbocycles. The van der Waals surface area contributed by atoms with E-state index in [0.717, 1.165) is 58.0 Å². The maximum atomic E-state index is 12.2. The number of ether oxygens (including phenoxy) is 4. The van der Waals surface area contributed by atoms with Crippen LogP contribution in [0.1, 0.15) is 85.5 Å². The van der Waals surface area contributed by atoms with E-state index in [4.69, 9.17) is 18.9 Å². The number of esters is 1. The molecule has 0 saturated carbocycles. The Balaban J connectivity index is 2.76. The minimum atomic E-state index is -0.312. The van der Waals surface area contributed by atoms with E-state index in [-0.39, 0.29) is 28.9 Å². The average molecular weight is 419 g/mol. The standard InChI is InChI=1S/C22H42O5S/c1-5-9-13-19(23)27-22-21(26-16-12-8-4)20(25-15-11-7-3)18(28-22)17-24-14-10-6-2/h18,20-22H,5-17H2,1-4H3/t18-,20+,21+,22?/m1/s1. The quantitative estimate of drug-likeness (QED) is 0.234. The van der Waals surface area contributed by atoms with Crippen LogP contribution in [0.3, 0.4) is 0 Å². The number of carbonyl (C=O) groups excluding carboxylic acids is 1. The van der Waals surface area contributed by atoms with Crippen molar-refractivity contribution >= 4 is 17.7 Å². The van der Waals surface area contributed by atoms with Gasteiger partial charge in [-0.15, -0.1) is 11.8 Å². The summed E-state index contributed by atoms with van der Waals surface area (Å²) >= 11 is 1.64. The molecule has 0 radical (unpaired) electrons. The summed E-state index contributed by atoms with van der Waals surface area (Å²) in [5.41, 5.74) is -0.312. The average Bonchev–Trinajstić information content (AvgIpc) is 3.00. The third kappa shape index (κ3) is 9.95. The fourth-order valence-corrected chi connectivity index (χ4v) is 4.44. The largest absolute Gasteiger partial charge is 0.448 e. The normalized spacial score (nSPS) is 24.6. The second-order valence-electron chi connectivity index (χ2n) is 7.44. The van der Waals surface area contributed by atoms with Crippen LogP contribution < -0.4 is 0 Å². The maximum absolute atomic E-state index is 12.2. The molecule has 166 valence electrons. The Morgan fingerprint density at radius 1 is 0.786 bits per heavy atom. The minimum absolute atomic E-state index is 0.0981. The Hall–Kier alpha value is -0.300. The summed E-state index contributed by atoms with van der Waals surface area (Å²) in [4.78, 5) is 12.2. The third-order valence-electron chi connectivity index (χ3n) is 4.79. The van der Waals surface area contributed by atoms with Crippen LogP contribution >= 0.6 is 11.8 Å². The van der Waals surface area contributed by atoms with E-state index in [9.17, 15) is 4.79 Å². The van der Waals surface area contributed by atoms with Crippen molar-refractivity contribution in [1.82, 2.24) is 0 Å². The number of hydrogen-bond acceptors (Lipinski definition) is 6. The first-order valence-electron chi connectivity index (χ1n) is 11.3. The number of carbonyl (C=O) groups is 1. The maximum Gasteiger partial charge on any atom is 0.306 e. The van der Waals surface area contributed by atoms with Crippen molar-refractivity contribution in [2.24, 2.45) is 0 Å². The van der Waals surface area contributed by atoms with E-state index in [1.54, 1.807) is 11.8 Å². The van der Waals surface area contributed by atoms with Crippen LogP contribution in [0.5, 0.6) is 0 Å². The van der Waals surface area contributed by atoms with Crippen LogP contribution in [-0.2, 0) is 23.7 Å². The first-order valence-corrected chi connectivity index (χ1v) is 12.3. The van der Waals surface area contributed by atoms with Crippen molar-refractivity contribution in [3.8, 4) is 0 Å². The lowest BCUT2D eigenvalue weighted by Gasteiger charge is -2.26. The molecule has 0 aromatic carbocycles. The highest BCUT2D eigenvalue weighted by Crippen LogP contribution is 2.39. The molecule has 4 atom stereocenters. The van der Waals surface area contributed by atoms with Gasteiger partial charge in [0.1, 0.15) is 12.2 Å². The van der Waals surface area contributed by atoms with Crippen molar-refractivity contribution in [1.29, 1.82) is 0 Å². The minimum Gasteiger partial charge on any atom is -0.448 e. The van der Waals surface area contributed by atoms with Crippen LogP contribution in [0.2, 0.25) is 0 Å². The van der Waals surface area contributed by atoms with Gasteiger partial charge < -0.3 is 18.9 Å². The molecule has 0 bridgehead atoms. The van der Waals surface area contributed by atoms with E-state index >= 15 is 0 Å². The molecular formula is C22H42O5S. The Bertz CT molecular complexity index is 393. The lowest BCUT2D eigenvalue weighted by Crippen LogP contribution is -2.40. The Labute approximate surface area is 176 Å². The molecule has 1 rings (SSSR count). The van der Waals surface area contributed by atoms with Gasteiger partial charge in [0.2, 0.25) is 0 Å². The van der Waals surface area contributed by atoms with Crippen molar-refractivity contribution in [2.75, 3.05) is 26.4 Å². The zero-order valence-corrected chi connectivity index (χ0v) is 19.3. The van der Waals surface area contributed by atoms with E-state index in [1.807, 2.05) is 0 Å². The second kappa shape index (κ2) is 16.5. The highest BCUT2D eigenvalue weighted by molar-refractivity contribution is 8.00. The van der Waals surface area contributed by atoms with Crippen molar-refractivity contribution in [3.05, 3.63) is 0 Å². The molecule has 0 amide bonds. The van der Waals surface area contributed by atoms with Gasteiger partial charge in [0.05, 0.1) is 11.9 Å². The van der Waals surface area contributed by atoms with E-state index in [0.29, 0.717) is 26.2 Å². The summed E-state index contributed by atoms with van der Waals surface area (Å²) < 4.78 is 24.1. The Morgan fingerprint density at radius 3 is 1.96 bits per heavy atom. The molecule has 1 aliphatic rings. The van der Waals surface area contributed by atoms with Crippen molar-refractivity contribution in [2.45, 2.75) is 108 Å². The SMILES string of the molecule is CCCCOC[C@H]1SC(OC(=O)CCCC)[C@@H](OCCCC)[C@H]1OCCCC. The first-order chi connectivity index (χ1) is 13.7. The molecule has 6 heteroatoms. The molecule has 0 aromatic rings. The number of unbranched alkanes of at least 4 members (excludes halogenated alkanes) is 4. The topological polar surface area (TPSA) is 54.0 Å². The van der Waals surface area contributed by atoms with Crippen molar-refractivity contribution in [3.63, 3.8) is 0 Å². The molecule has 1 saturated heterocycles. The highest BCUT2D eigenvalue weighted by atomic mass is 32.2. The molecule has 0 spiro atoms. The van der Waals surface area contributed by atoms with E-state index in [1.165, 1.54) is 0 Å². The van der Waals surface area contributed by atoms with Gasteiger partial charge in [-0.2, -0.15) is 0 Å². The fraction of sp³-hybridized carbons (Fsp3) is 0.955. The van der Waals surface area contributed by atoms with Gasteiger partial charge in [0.25, 0.3) is 0 Å². The van der Waals surface area contributed by atoms with Gasteiger partial charge in [0, 0.05) is 26.2 Å². The van der Waals surface area contributed by atoms with Gasteiger partial charge in [-0.25, -0.2) is 0 Å². The predicted octanol–water partition coefficient (Wildman–Crippen LogP) is 5.35. The molecule has 1 heterocycles. The zero-order valence-electron chi connectivity index (χ0n) is 18.5. The summed E-state index contributed by atoms with van der Waals surface area (Å²) in [6.07, 6.45) is 8.35. The summed E-state index contributed by atoms with van der Waals surface area (Å²) in [6, 6.07) is 0. The van der Waals surface area contributed by atoms with Crippen LogP contribution in [0.25, 0.3) is 0 Å². The molecule has 1 fully saturated rings. The van der Waals surface area contributed by atoms with Gasteiger partial charge in [0.15, 0.2) is 5.44 Å². The predicted molar refractivity (Wildman–Crippen MR) is 116 cm³/mol. The Kier molecular flexibility index (Phi) is 15.2.